The second-order valence-corrected chi connectivity index (χ2v) is 5.66. The summed E-state index contributed by atoms with van der Waals surface area (Å²) in [5, 5.41) is 17.3. The summed E-state index contributed by atoms with van der Waals surface area (Å²) in [4.78, 5) is 0. The summed E-state index contributed by atoms with van der Waals surface area (Å²) in [6.07, 6.45) is 3.62. The zero-order valence-corrected chi connectivity index (χ0v) is 13.9. The van der Waals surface area contributed by atoms with E-state index in [4.69, 9.17) is 4.74 Å². The molecule has 0 aliphatic carbocycles. The number of aliphatic hydroxyl groups is 1. The van der Waals surface area contributed by atoms with Crippen molar-refractivity contribution in [2.75, 3.05) is 13.7 Å². The molecule has 1 aromatic heterocycles. The van der Waals surface area contributed by atoms with Gasteiger partial charge in [0, 0.05) is 18.3 Å². The Balaban J connectivity index is 1.67. The molecule has 0 fully saturated rings. The van der Waals surface area contributed by atoms with Gasteiger partial charge in [-0.2, -0.15) is 5.10 Å². The van der Waals surface area contributed by atoms with Crippen molar-refractivity contribution in [2.24, 2.45) is 0 Å². The third-order valence-corrected chi connectivity index (χ3v) is 3.96. The van der Waals surface area contributed by atoms with Gasteiger partial charge in [-0.3, -0.25) is 0 Å². The molecule has 0 radical (unpaired) electrons. The molecular weight excluding hydrogens is 321 g/mol. The highest BCUT2D eigenvalue weighted by Gasteiger charge is 2.11. The maximum absolute atomic E-state index is 13.0. The molecule has 25 heavy (non-hydrogen) atoms. The third-order valence-electron chi connectivity index (χ3n) is 3.96. The number of nitrogens with zero attached hydrogens (tertiary/aromatic N) is 2. The third kappa shape index (κ3) is 4.23. The Kier molecular flexibility index (Phi) is 5.42. The van der Waals surface area contributed by atoms with Gasteiger partial charge in [0.05, 0.1) is 31.6 Å². The Morgan fingerprint density at radius 3 is 2.76 bits per heavy atom. The van der Waals surface area contributed by atoms with E-state index in [1.165, 1.54) is 12.1 Å². The Bertz CT molecular complexity index is 818. The van der Waals surface area contributed by atoms with Crippen LogP contribution in [0.1, 0.15) is 17.2 Å². The van der Waals surface area contributed by atoms with E-state index in [2.05, 4.69) is 10.4 Å². The summed E-state index contributed by atoms with van der Waals surface area (Å²) in [7, 11) is 1.62. The van der Waals surface area contributed by atoms with Crippen molar-refractivity contribution in [1.82, 2.24) is 15.1 Å². The van der Waals surface area contributed by atoms with Crippen LogP contribution in [0.25, 0.3) is 5.69 Å². The lowest BCUT2D eigenvalue weighted by molar-refractivity contribution is 0.243. The van der Waals surface area contributed by atoms with Crippen LogP contribution >= 0.6 is 0 Å². The molecule has 1 atom stereocenters. The number of halogens is 1. The van der Waals surface area contributed by atoms with E-state index < -0.39 is 0 Å². The molecule has 6 heteroatoms. The molecule has 3 rings (SSSR count). The number of benzene rings is 2. The van der Waals surface area contributed by atoms with Crippen LogP contribution in [-0.2, 0) is 6.54 Å². The van der Waals surface area contributed by atoms with Gasteiger partial charge in [0.25, 0.3) is 0 Å². The van der Waals surface area contributed by atoms with Crippen LogP contribution in [0.5, 0.6) is 5.75 Å². The molecule has 0 saturated heterocycles. The lowest BCUT2D eigenvalue weighted by atomic mass is 10.1. The SMILES string of the molecule is COc1cccc(C(CO)NCc2cnn(-c3ccc(F)cc3)c2)c1. The van der Waals surface area contributed by atoms with Crippen molar-refractivity contribution >= 4 is 0 Å². The van der Waals surface area contributed by atoms with E-state index in [0.717, 1.165) is 22.6 Å². The standard InChI is InChI=1S/C19H20FN3O2/c1-25-18-4-2-3-15(9-18)19(13-24)21-10-14-11-22-23(12-14)17-7-5-16(20)6-8-17/h2-9,11-12,19,21,24H,10,13H2,1H3. The van der Waals surface area contributed by atoms with Crippen molar-refractivity contribution in [3.63, 3.8) is 0 Å². The number of methoxy groups -OCH3 is 1. The van der Waals surface area contributed by atoms with E-state index in [1.54, 1.807) is 30.1 Å². The lowest BCUT2D eigenvalue weighted by Gasteiger charge is -2.17. The summed E-state index contributed by atoms with van der Waals surface area (Å²) in [5.41, 5.74) is 2.71. The van der Waals surface area contributed by atoms with Crippen LogP contribution in [0.4, 0.5) is 4.39 Å². The van der Waals surface area contributed by atoms with E-state index >= 15 is 0 Å². The highest BCUT2D eigenvalue weighted by molar-refractivity contribution is 5.32. The molecule has 0 saturated carbocycles. The fourth-order valence-corrected chi connectivity index (χ4v) is 2.57. The van der Waals surface area contributed by atoms with Crippen LogP contribution in [-0.4, -0.2) is 28.6 Å². The highest BCUT2D eigenvalue weighted by atomic mass is 19.1. The number of rotatable bonds is 7. The Hall–Kier alpha value is -2.70. The maximum atomic E-state index is 13.0. The van der Waals surface area contributed by atoms with Gasteiger partial charge in [-0.1, -0.05) is 12.1 Å². The van der Waals surface area contributed by atoms with Gasteiger partial charge >= 0.3 is 0 Å². The summed E-state index contributed by atoms with van der Waals surface area (Å²) < 4.78 is 19.9. The Labute approximate surface area is 145 Å². The maximum Gasteiger partial charge on any atom is 0.123 e. The largest absolute Gasteiger partial charge is 0.497 e. The fourth-order valence-electron chi connectivity index (χ4n) is 2.57. The molecule has 3 aromatic rings. The molecule has 2 aromatic carbocycles. The van der Waals surface area contributed by atoms with Crippen LogP contribution in [0.3, 0.4) is 0 Å². The predicted octanol–water partition coefficient (Wildman–Crippen LogP) is 2.84. The number of aromatic nitrogens is 2. The van der Waals surface area contributed by atoms with Crippen molar-refractivity contribution in [2.45, 2.75) is 12.6 Å². The molecule has 2 N–H and O–H groups in total. The van der Waals surface area contributed by atoms with Crippen LogP contribution < -0.4 is 10.1 Å². The molecule has 130 valence electrons. The molecule has 1 heterocycles. The number of aliphatic hydroxyl groups excluding tert-OH is 1. The second kappa shape index (κ2) is 7.92. The van der Waals surface area contributed by atoms with Crippen molar-refractivity contribution < 1.29 is 14.2 Å². The topological polar surface area (TPSA) is 59.3 Å². The minimum atomic E-state index is -0.276. The quantitative estimate of drug-likeness (QED) is 0.694. The van der Waals surface area contributed by atoms with Gasteiger partial charge in [0.1, 0.15) is 11.6 Å². The predicted molar refractivity (Wildman–Crippen MR) is 93.2 cm³/mol. The van der Waals surface area contributed by atoms with Crippen LogP contribution in [0, 0.1) is 5.82 Å². The molecule has 0 spiro atoms. The lowest BCUT2D eigenvalue weighted by Crippen LogP contribution is -2.23. The van der Waals surface area contributed by atoms with Gasteiger partial charge in [0.2, 0.25) is 0 Å². The molecule has 0 bridgehead atoms. The smallest absolute Gasteiger partial charge is 0.123 e. The monoisotopic (exact) mass is 341 g/mol. The minimum absolute atomic E-state index is 0.0285. The van der Waals surface area contributed by atoms with Crippen LogP contribution in [0.2, 0.25) is 0 Å². The van der Waals surface area contributed by atoms with E-state index in [9.17, 15) is 9.50 Å². The second-order valence-electron chi connectivity index (χ2n) is 5.66. The fraction of sp³-hybridized carbons (Fsp3) is 0.211. The average molecular weight is 341 g/mol. The minimum Gasteiger partial charge on any atom is -0.497 e. The van der Waals surface area contributed by atoms with Crippen molar-refractivity contribution in [3.8, 4) is 11.4 Å². The summed E-state index contributed by atoms with van der Waals surface area (Å²) >= 11 is 0. The summed E-state index contributed by atoms with van der Waals surface area (Å²) in [5.74, 6) is 0.476. The van der Waals surface area contributed by atoms with E-state index in [1.807, 2.05) is 30.5 Å². The van der Waals surface area contributed by atoms with Gasteiger partial charge in [-0.05, 0) is 42.0 Å². The first-order chi connectivity index (χ1) is 12.2. The zero-order chi connectivity index (χ0) is 17.6. The average Bonchev–Trinajstić information content (AvgIpc) is 3.12. The molecule has 0 aliphatic rings. The molecule has 0 aliphatic heterocycles. The molecule has 0 amide bonds. The Morgan fingerprint density at radius 2 is 2.04 bits per heavy atom. The molecular formula is C19H20FN3O2. The van der Waals surface area contributed by atoms with Gasteiger partial charge < -0.3 is 15.2 Å². The van der Waals surface area contributed by atoms with E-state index in [0.29, 0.717) is 6.54 Å². The van der Waals surface area contributed by atoms with Crippen molar-refractivity contribution in [3.05, 3.63) is 77.9 Å². The highest BCUT2D eigenvalue weighted by Crippen LogP contribution is 2.19. The normalized spacial score (nSPS) is 12.1. The molecule has 5 nitrogen and oxygen atoms in total. The molecule has 1 unspecified atom stereocenters. The zero-order valence-electron chi connectivity index (χ0n) is 13.9. The number of hydrogen-bond acceptors (Lipinski definition) is 4. The van der Waals surface area contributed by atoms with E-state index in [-0.39, 0.29) is 18.5 Å². The van der Waals surface area contributed by atoms with Crippen LogP contribution in [0.15, 0.2) is 60.9 Å². The number of hydrogen-bond donors (Lipinski definition) is 2. The first-order valence-corrected chi connectivity index (χ1v) is 7.97. The van der Waals surface area contributed by atoms with Gasteiger partial charge in [-0.15, -0.1) is 0 Å². The Morgan fingerprint density at radius 1 is 1.24 bits per heavy atom. The number of nitrogens with one attached hydrogen (secondary N) is 1. The first kappa shape index (κ1) is 17.1. The first-order valence-electron chi connectivity index (χ1n) is 7.97. The van der Waals surface area contributed by atoms with Crippen molar-refractivity contribution in [1.29, 1.82) is 0 Å². The summed E-state index contributed by atoms with van der Waals surface area (Å²) in [6, 6.07) is 13.5. The van der Waals surface area contributed by atoms with Gasteiger partial charge in [0.15, 0.2) is 0 Å². The summed E-state index contributed by atoms with van der Waals surface area (Å²) in [6.45, 7) is 0.517. The van der Waals surface area contributed by atoms with Gasteiger partial charge in [-0.25, -0.2) is 9.07 Å². The number of ether oxygens (including phenoxy) is 1.